The van der Waals surface area contributed by atoms with Crippen LogP contribution in [0.5, 0.6) is 0 Å². The van der Waals surface area contributed by atoms with Crippen molar-refractivity contribution in [3.63, 3.8) is 0 Å². The number of carbonyl (C=O) groups is 1. The Hall–Kier alpha value is -1.47. The van der Waals surface area contributed by atoms with Crippen molar-refractivity contribution in [2.45, 2.75) is 38.8 Å². The molecule has 1 amide bonds. The Morgan fingerprint density at radius 2 is 2.19 bits per heavy atom. The van der Waals surface area contributed by atoms with E-state index in [-0.39, 0.29) is 5.91 Å². The summed E-state index contributed by atoms with van der Waals surface area (Å²) in [5.41, 5.74) is 0. The number of aromatic nitrogens is 3. The molecule has 3 rings (SSSR count). The first-order valence-electron chi connectivity index (χ1n) is 7.76. The summed E-state index contributed by atoms with van der Waals surface area (Å²) in [6.45, 7) is 7.21. The molecule has 7 heteroatoms. The Morgan fingerprint density at radius 3 is 2.90 bits per heavy atom. The Bertz CT molecular complexity index is 496. The van der Waals surface area contributed by atoms with Crippen LogP contribution in [-0.4, -0.2) is 58.4 Å². The summed E-state index contributed by atoms with van der Waals surface area (Å²) in [6, 6.07) is 0. The maximum absolute atomic E-state index is 11.5. The van der Waals surface area contributed by atoms with Crippen molar-refractivity contribution in [1.82, 2.24) is 25.0 Å². The number of piperazine rings is 1. The van der Waals surface area contributed by atoms with E-state index >= 15 is 0 Å². The molecule has 0 atom stereocenters. The summed E-state index contributed by atoms with van der Waals surface area (Å²) in [7, 11) is 0. The van der Waals surface area contributed by atoms with Crippen LogP contribution in [0.15, 0.2) is 0 Å². The zero-order chi connectivity index (χ0) is 14.7. The first-order valence-corrected chi connectivity index (χ1v) is 7.76. The molecule has 0 bridgehead atoms. The van der Waals surface area contributed by atoms with Gasteiger partial charge in [0.25, 0.3) is 0 Å². The molecule has 1 aromatic heterocycles. The van der Waals surface area contributed by atoms with Crippen LogP contribution >= 0.6 is 0 Å². The third-order valence-corrected chi connectivity index (χ3v) is 4.13. The quantitative estimate of drug-likeness (QED) is 0.854. The molecule has 1 aromatic rings. The van der Waals surface area contributed by atoms with Gasteiger partial charge in [0.1, 0.15) is 5.82 Å². The fraction of sp³-hybridized carbons (Fsp3) is 0.786. The van der Waals surface area contributed by atoms with Crippen molar-refractivity contribution >= 4 is 5.91 Å². The maximum Gasteiger partial charge on any atom is 0.234 e. The van der Waals surface area contributed by atoms with E-state index in [1.165, 1.54) is 0 Å². The molecule has 0 saturated carbocycles. The maximum atomic E-state index is 11.5. The molecule has 0 aliphatic carbocycles. The van der Waals surface area contributed by atoms with Gasteiger partial charge in [-0.15, -0.1) is 0 Å². The van der Waals surface area contributed by atoms with Crippen LogP contribution in [0.25, 0.3) is 0 Å². The standard InChI is InChI=1S/C14H23N5O2/c1-2-19-12(9-18-6-5-15-13(20)10-18)16-14(17-19)11-3-7-21-8-4-11/h11H,2-10H2,1H3,(H,15,20). The van der Waals surface area contributed by atoms with Gasteiger partial charge in [-0.1, -0.05) is 0 Å². The molecule has 1 N–H and O–H groups in total. The molecule has 0 spiro atoms. The lowest BCUT2D eigenvalue weighted by Gasteiger charge is -2.25. The molecule has 2 saturated heterocycles. The summed E-state index contributed by atoms with van der Waals surface area (Å²) >= 11 is 0. The number of hydrogen-bond acceptors (Lipinski definition) is 5. The zero-order valence-corrected chi connectivity index (χ0v) is 12.5. The predicted molar refractivity (Wildman–Crippen MR) is 76.8 cm³/mol. The summed E-state index contributed by atoms with van der Waals surface area (Å²) in [4.78, 5) is 18.3. The lowest BCUT2D eigenvalue weighted by atomic mass is 10.00. The molecule has 0 unspecified atom stereocenters. The average molecular weight is 293 g/mol. The third kappa shape index (κ3) is 3.41. The molecule has 3 heterocycles. The van der Waals surface area contributed by atoms with Crippen molar-refractivity contribution < 1.29 is 9.53 Å². The highest BCUT2D eigenvalue weighted by Gasteiger charge is 2.23. The molecule has 2 fully saturated rings. The lowest BCUT2D eigenvalue weighted by molar-refractivity contribution is -0.124. The van der Waals surface area contributed by atoms with Crippen molar-refractivity contribution in [2.75, 3.05) is 32.8 Å². The van der Waals surface area contributed by atoms with E-state index in [2.05, 4.69) is 22.2 Å². The molecule has 7 nitrogen and oxygen atoms in total. The van der Waals surface area contributed by atoms with Crippen molar-refractivity contribution in [3.05, 3.63) is 11.6 Å². The molecule has 116 valence electrons. The zero-order valence-electron chi connectivity index (χ0n) is 12.5. The second-order valence-corrected chi connectivity index (χ2v) is 5.65. The fourth-order valence-corrected chi connectivity index (χ4v) is 2.92. The lowest BCUT2D eigenvalue weighted by Crippen LogP contribution is -2.47. The van der Waals surface area contributed by atoms with Gasteiger partial charge in [0.2, 0.25) is 5.91 Å². The second kappa shape index (κ2) is 6.53. The minimum absolute atomic E-state index is 0.0912. The van der Waals surface area contributed by atoms with Gasteiger partial charge in [-0.05, 0) is 19.8 Å². The van der Waals surface area contributed by atoms with Gasteiger partial charge in [0.05, 0.1) is 13.1 Å². The minimum Gasteiger partial charge on any atom is -0.381 e. The van der Waals surface area contributed by atoms with Crippen LogP contribution in [0.4, 0.5) is 0 Å². The van der Waals surface area contributed by atoms with E-state index in [0.717, 1.165) is 50.8 Å². The first-order chi connectivity index (χ1) is 10.3. The molecule has 2 aliphatic rings. The van der Waals surface area contributed by atoms with Gasteiger partial charge in [-0.3, -0.25) is 9.69 Å². The third-order valence-electron chi connectivity index (χ3n) is 4.13. The highest BCUT2D eigenvalue weighted by molar-refractivity contribution is 5.78. The molecular weight excluding hydrogens is 270 g/mol. The van der Waals surface area contributed by atoms with Crippen LogP contribution < -0.4 is 5.32 Å². The van der Waals surface area contributed by atoms with Crippen LogP contribution in [0, 0.1) is 0 Å². The van der Waals surface area contributed by atoms with Crippen molar-refractivity contribution in [1.29, 1.82) is 0 Å². The average Bonchev–Trinajstić information content (AvgIpc) is 2.91. The van der Waals surface area contributed by atoms with Crippen LogP contribution in [-0.2, 0) is 22.6 Å². The minimum atomic E-state index is 0.0912. The van der Waals surface area contributed by atoms with E-state index in [1.54, 1.807) is 0 Å². The number of nitrogens with zero attached hydrogens (tertiary/aromatic N) is 4. The fourth-order valence-electron chi connectivity index (χ4n) is 2.92. The highest BCUT2D eigenvalue weighted by atomic mass is 16.5. The number of hydrogen-bond donors (Lipinski definition) is 1. The summed E-state index contributed by atoms with van der Waals surface area (Å²) in [6.07, 6.45) is 2.00. The van der Waals surface area contributed by atoms with E-state index in [9.17, 15) is 4.79 Å². The number of amides is 1. The molecule has 2 aliphatic heterocycles. The van der Waals surface area contributed by atoms with E-state index in [0.29, 0.717) is 25.6 Å². The second-order valence-electron chi connectivity index (χ2n) is 5.65. The van der Waals surface area contributed by atoms with E-state index < -0.39 is 0 Å². The van der Waals surface area contributed by atoms with Gasteiger partial charge < -0.3 is 10.1 Å². The summed E-state index contributed by atoms with van der Waals surface area (Å²) in [5, 5.41) is 7.51. The van der Waals surface area contributed by atoms with E-state index in [4.69, 9.17) is 9.72 Å². The molecule has 0 radical (unpaired) electrons. The number of aryl methyl sites for hydroxylation is 1. The van der Waals surface area contributed by atoms with Gasteiger partial charge in [0, 0.05) is 38.8 Å². The van der Waals surface area contributed by atoms with Crippen molar-refractivity contribution in [3.8, 4) is 0 Å². The topological polar surface area (TPSA) is 72.3 Å². The predicted octanol–water partition coefficient (Wildman–Crippen LogP) is 0.124. The van der Waals surface area contributed by atoms with E-state index in [1.807, 2.05) is 4.68 Å². The summed E-state index contributed by atoms with van der Waals surface area (Å²) < 4.78 is 7.37. The smallest absolute Gasteiger partial charge is 0.234 e. The molecule has 21 heavy (non-hydrogen) atoms. The van der Waals surface area contributed by atoms with Gasteiger partial charge in [-0.25, -0.2) is 9.67 Å². The highest BCUT2D eigenvalue weighted by Crippen LogP contribution is 2.24. The number of ether oxygens (including phenoxy) is 1. The Morgan fingerprint density at radius 1 is 1.38 bits per heavy atom. The Kier molecular flexibility index (Phi) is 4.50. The van der Waals surface area contributed by atoms with Gasteiger partial charge >= 0.3 is 0 Å². The normalized spacial score (nSPS) is 21.5. The Balaban J connectivity index is 1.71. The number of rotatable bonds is 4. The largest absolute Gasteiger partial charge is 0.381 e. The SMILES string of the molecule is CCn1nc(C2CCOCC2)nc1CN1CCNC(=O)C1. The molecule has 0 aromatic carbocycles. The summed E-state index contributed by atoms with van der Waals surface area (Å²) in [5.74, 6) is 2.41. The van der Waals surface area contributed by atoms with Gasteiger partial charge in [0.15, 0.2) is 5.82 Å². The van der Waals surface area contributed by atoms with Crippen molar-refractivity contribution in [2.24, 2.45) is 0 Å². The first kappa shape index (κ1) is 14.5. The Labute approximate surface area is 124 Å². The number of nitrogens with one attached hydrogen (secondary N) is 1. The van der Waals surface area contributed by atoms with Crippen LogP contribution in [0.1, 0.15) is 37.3 Å². The van der Waals surface area contributed by atoms with Crippen LogP contribution in [0.3, 0.4) is 0 Å². The number of carbonyl (C=O) groups excluding carboxylic acids is 1. The monoisotopic (exact) mass is 293 g/mol. The molecular formula is C14H23N5O2. The van der Waals surface area contributed by atoms with Gasteiger partial charge in [-0.2, -0.15) is 5.10 Å². The van der Waals surface area contributed by atoms with Crippen LogP contribution in [0.2, 0.25) is 0 Å².